The number of para-hydroxylation sites is 1. The maximum absolute atomic E-state index is 12.1. The fourth-order valence-corrected chi connectivity index (χ4v) is 3.04. The van der Waals surface area contributed by atoms with E-state index in [1.807, 2.05) is 31.2 Å². The Kier molecular flexibility index (Phi) is 6.92. The number of ether oxygens (including phenoxy) is 1. The first-order chi connectivity index (χ1) is 10.6. The van der Waals surface area contributed by atoms with Crippen LogP contribution in [0.1, 0.15) is 53.5 Å². The van der Waals surface area contributed by atoms with E-state index in [0.717, 1.165) is 24.2 Å². The van der Waals surface area contributed by atoms with Crippen LogP contribution in [0.5, 0.6) is 5.75 Å². The van der Waals surface area contributed by atoms with E-state index in [1.165, 1.54) is 0 Å². The second-order valence-corrected chi connectivity index (χ2v) is 7.79. The van der Waals surface area contributed by atoms with Crippen LogP contribution >= 0.6 is 0 Å². The molecule has 1 rings (SSSR count). The molecule has 0 aromatic heterocycles. The third kappa shape index (κ3) is 7.91. The van der Waals surface area contributed by atoms with Crippen LogP contribution < -0.4 is 15.4 Å². The Labute approximate surface area is 141 Å². The van der Waals surface area contributed by atoms with Gasteiger partial charge in [0.1, 0.15) is 5.75 Å². The van der Waals surface area contributed by atoms with Crippen molar-refractivity contribution in [2.45, 2.75) is 59.9 Å². The van der Waals surface area contributed by atoms with Crippen LogP contribution in [0.3, 0.4) is 0 Å². The van der Waals surface area contributed by atoms with E-state index in [1.54, 1.807) is 0 Å². The molecule has 0 fully saturated rings. The molecule has 130 valence electrons. The topological polar surface area (TPSA) is 50.4 Å². The minimum absolute atomic E-state index is 0.117. The van der Waals surface area contributed by atoms with Crippen molar-refractivity contribution in [1.82, 2.24) is 10.6 Å². The second kappa shape index (κ2) is 8.23. The van der Waals surface area contributed by atoms with E-state index >= 15 is 0 Å². The van der Waals surface area contributed by atoms with Crippen LogP contribution in [-0.4, -0.2) is 24.7 Å². The van der Waals surface area contributed by atoms with Crippen molar-refractivity contribution in [1.29, 1.82) is 0 Å². The molecule has 4 heteroatoms. The Balaban J connectivity index is 2.45. The van der Waals surface area contributed by atoms with Gasteiger partial charge in [-0.1, -0.05) is 39.0 Å². The zero-order valence-corrected chi connectivity index (χ0v) is 15.5. The van der Waals surface area contributed by atoms with E-state index < -0.39 is 0 Å². The molecule has 0 radical (unpaired) electrons. The molecule has 0 atom stereocenters. The average Bonchev–Trinajstić information content (AvgIpc) is 2.37. The number of rotatable bonds is 7. The summed E-state index contributed by atoms with van der Waals surface area (Å²) in [6, 6.07) is 7.83. The van der Waals surface area contributed by atoms with Crippen molar-refractivity contribution in [3.63, 3.8) is 0 Å². The van der Waals surface area contributed by atoms with Crippen molar-refractivity contribution < 1.29 is 9.53 Å². The maximum Gasteiger partial charge on any atom is 0.315 e. The molecule has 4 nitrogen and oxygen atoms in total. The molecule has 0 bridgehead atoms. The smallest absolute Gasteiger partial charge is 0.315 e. The van der Waals surface area contributed by atoms with Gasteiger partial charge in [-0.2, -0.15) is 0 Å². The number of amides is 2. The predicted molar refractivity (Wildman–Crippen MR) is 96.0 cm³/mol. The lowest BCUT2D eigenvalue weighted by Gasteiger charge is -2.33. The molecular formula is C19H32N2O2. The lowest BCUT2D eigenvalue weighted by Crippen LogP contribution is -2.50. The van der Waals surface area contributed by atoms with Gasteiger partial charge in [-0.3, -0.25) is 0 Å². The van der Waals surface area contributed by atoms with Crippen molar-refractivity contribution >= 4 is 6.03 Å². The van der Waals surface area contributed by atoms with E-state index in [4.69, 9.17) is 4.74 Å². The minimum Gasteiger partial charge on any atom is -0.494 e. The number of hydrogen-bond acceptors (Lipinski definition) is 2. The van der Waals surface area contributed by atoms with E-state index in [0.29, 0.717) is 13.2 Å². The number of hydrogen-bond donors (Lipinski definition) is 2. The van der Waals surface area contributed by atoms with E-state index in [9.17, 15) is 4.79 Å². The number of nitrogens with one attached hydrogen (secondary N) is 2. The van der Waals surface area contributed by atoms with Crippen molar-refractivity contribution in [3.05, 3.63) is 29.8 Å². The van der Waals surface area contributed by atoms with Crippen molar-refractivity contribution in [2.75, 3.05) is 13.2 Å². The molecule has 0 heterocycles. The van der Waals surface area contributed by atoms with Gasteiger partial charge in [0.2, 0.25) is 0 Å². The quantitative estimate of drug-likeness (QED) is 0.793. The molecule has 1 aromatic carbocycles. The van der Waals surface area contributed by atoms with Crippen LogP contribution in [0.4, 0.5) is 4.79 Å². The highest BCUT2D eigenvalue weighted by Gasteiger charge is 2.26. The Morgan fingerprint density at radius 1 is 1.13 bits per heavy atom. The normalized spacial score (nSPS) is 11.9. The monoisotopic (exact) mass is 320 g/mol. The van der Waals surface area contributed by atoms with Crippen LogP contribution in [0.2, 0.25) is 0 Å². The van der Waals surface area contributed by atoms with Crippen LogP contribution in [-0.2, 0) is 6.42 Å². The highest BCUT2D eigenvalue weighted by atomic mass is 16.5. The zero-order chi connectivity index (χ0) is 17.5. The van der Waals surface area contributed by atoms with Crippen molar-refractivity contribution in [3.8, 4) is 5.75 Å². The third-order valence-electron chi connectivity index (χ3n) is 3.38. The Morgan fingerprint density at radius 3 is 2.39 bits per heavy atom. The van der Waals surface area contributed by atoms with E-state index in [2.05, 4.69) is 45.3 Å². The minimum atomic E-state index is -0.231. The summed E-state index contributed by atoms with van der Waals surface area (Å²) in [5.74, 6) is 0.894. The molecule has 23 heavy (non-hydrogen) atoms. The van der Waals surface area contributed by atoms with Crippen LogP contribution in [0.25, 0.3) is 0 Å². The van der Waals surface area contributed by atoms with Gasteiger partial charge >= 0.3 is 6.03 Å². The molecule has 0 aliphatic carbocycles. The molecule has 2 N–H and O–H groups in total. The second-order valence-electron chi connectivity index (χ2n) is 7.79. The van der Waals surface area contributed by atoms with Gasteiger partial charge in [-0.05, 0) is 50.7 Å². The summed E-state index contributed by atoms with van der Waals surface area (Å²) < 4.78 is 5.60. The van der Waals surface area contributed by atoms with Crippen LogP contribution in [0.15, 0.2) is 24.3 Å². The summed E-state index contributed by atoms with van der Waals surface area (Å²) in [4.78, 5) is 12.1. The summed E-state index contributed by atoms with van der Waals surface area (Å²) in [6.07, 6.45) is 1.67. The summed E-state index contributed by atoms with van der Waals surface area (Å²) >= 11 is 0. The predicted octanol–water partition coefficient (Wildman–Crippen LogP) is 4.14. The number of urea groups is 1. The van der Waals surface area contributed by atoms with Gasteiger partial charge in [-0.25, -0.2) is 4.79 Å². The number of carbonyl (C=O) groups is 1. The molecule has 0 saturated heterocycles. The lowest BCUT2D eigenvalue weighted by atomic mass is 9.82. The zero-order valence-electron chi connectivity index (χ0n) is 15.5. The summed E-state index contributed by atoms with van der Waals surface area (Å²) in [6.45, 7) is 13.9. The van der Waals surface area contributed by atoms with Crippen molar-refractivity contribution in [2.24, 2.45) is 5.41 Å². The Morgan fingerprint density at radius 2 is 1.78 bits per heavy atom. The number of benzene rings is 1. The first-order valence-electron chi connectivity index (χ1n) is 8.40. The third-order valence-corrected chi connectivity index (χ3v) is 3.38. The highest BCUT2D eigenvalue weighted by molar-refractivity contribution is 5.74. The molecule has 0 spiro atoms. The van der Waals surface area contributed by atoms with Gasteiger partial charge in [0.05, 0.1) is 6.61 Å². The molecule has 0 unspecified atom stereocenters. The highest BCUT2D eigenvalue weighted by Crippen LogP contribution is 2.26. The standard InChI is InChI=1S/C19H32N2O2/c1-7-23-16-11-9-8-10-15(16)12-13-20-17(22)21-19(5,6)14-18(2,3)4/h8-11H,7,12-14H2,1-6H3,(H2,20,21,22). The molecule has 0 saturated carbocycles. The largest absolute Gasteiger partial charge is 0.494 e. The van der Waals surface area contributed by atoms with E-state index in [-0.39, 0.29) is 17.0 Å². The van der Waals surface area contributed by atoms with Crippen LogP contribution in [0, 0.1) is 5.41 Å². The molecule has 0 aliphatic rings. The molecule has 2 amide bonds. The summed E-state index contributed by atoms with van der Waals surface area (Å²) in [5.41, 5.74) is 1.06. The summed E-state index contributed by atoms with van der Waals surface area (Å²) in [7, 11) is 0. The lowest BCUT2D eigenvalue weighted by molar-refractivity contribution is 0.210. The first-order valence-corrected chi connectivity index (χ1v) is 8.40. The van der Waals surface area contributed by atoms with Gasteiger partial charge < -0.3 is 15.4 Å². The molecule has 0 aliphatic heterocycles. The van der Waals surface area contributed by atoms with Gasteiger partial charge in [0.25, 0.3) is 0 Å². The Hall–Kier alpha value is -1.71. The summed E-state index contributed by atoms with van der Waals surface area (Å²) in [5, 5.41) is 5.99. The van der Waals surface area contributed by atoms with Gasteiger partial charge in [-0.15, -0.1) is 0 Å². The maximum atomic E-state index is 12.1. The fraction of sp³-hybridized carbons (Fsp3) is 0.632. The Bertz CT molecular complexity index is 504. The van der Waals surface area contributed by atoms with Gasteiger partial charge in [0.15, 0.2) is 0 Å². The first kappa shape index (κ1) is 19.3. The fourth-order valence-electron chi connectivity index (χ4n) is 3.04. The van der Waals surface area contributed by atoms with Gasteiger partial charge in [0, 0.05) is 12.1 Å². The number of carbonyl (C=O) groups excluding carboxylic acids is 1. The molecular weight excluding hydrogens is 288 g/mol. The SMILES string of the molecule is CCOc1ccccc1CCNC(=O)NC(C)(C)CC(C)(C)C. The average molecular weight is 320 g/mol. The molecule has 1 aromatic rings.